The number of nitrogens with two attached hydrogens (primary N) is 1. The minimum absolute atomic E-state index is 0.612. The first-order chi connectivity index (χ1) is 8.70. The Labute approximate surface area is 114 Å². The minimum Gasteiger partial charge on any atom is -0.399 e. The minimum atomic E-state index is 0.612. The van der Waals surface area contributed by atoms with Gasteiger partial charge in [-0.2, -0.15) is 5.26 Å². The third-order valence-corrected chi connectivity index (χ3v) is 3.22. The Morgan fingerprint density at radius 1 is 1.22 bits per heavy atom. The van der Waals surface area contributed by atoms with Gasteiger partial charge in [-0.05, 0) is 45.8 Å². The van der Waals surface area contributed by atoms with E-state index in [1.54, 1.807) is 0 Å². The van der Waals surface area contributed by atoms with Gasteiger partial charge in [-0.15, -0.1) is 0 Å². The van der Waals surface area contributed by atoms with Crippen molar-refractivity contribution < 1.29 is 0 Å². The molecule has 2 aromatic carbocycles. The van der Waals surface area contributed by atoms with Crippen molar-refractivity contribution in [3.63, 3.8) is 0 Å². The summed E-state index contributed by atoms with van der Waals surface area (Å²) in [6, 6.07) is 15.5. The summed E-state index contributed by atoms with van der Waals surface area (Å²) < 4.78 is 0.794. The highest BCUT2D eigenvalue weighted by Crippen LogP contribution is 2.24. The molecule has 0 saturated carbocycles. The van der Waals surface area contributed by atoms with Gasteiger partial charge < -0.3 is 11.1 Å². The molecule has 0 aliphatic rings. The average molecular weight is 302 g/mol. The van der Waals surface area contributed by atoms with Crippen LogP contribution >= 0.6 is 15.9 Å². The molecule has 0 amide bonds. The second kappa shape index (κ2) is 5.56. The normalized spacial score (nSPS) is 9.78. The molecule has 0 aliphatic carbocycles. The number of benzene rings is 2. The number of anilines is 2. The van der Waals surface area contributed by atoms with Gasteiger partial charge in [0.1, 0.15) is 6.07 Å². The molecular formula is C14H12BrN3. The predicted molar refractivity (Wildman–Crippen MR) is 77.0 cm³/mol. The molecule has 3 N–H and O–H groups in total. The van der Waals surface area contributed by atoms with Crippen molar-refractivity contribution in [1.82, 2.24) is 0 Å². The van der Waals surface area contributed by atoms with E-state index in [1.165, 1.54) is 0 Å². The highest BCUT2D eigenvalue weighted by Gasteiger charge is 2.05. The largest absolute Gasteiger partial charge is 0.399 e. The topological polar surface area (TPSA) is 61.8 Å². The van der Waals surface area contributed by atoms with Crippen molar-refractivity contribution in [1.29, 1.82) is 5.26 Å². The molecule has 0 bridgehead atoms. The Bertz CT molecular complexity index is 602. The Kier molecular flexibility index (Phi) is 3.85. The number of hydrogen-bond acceptors (Lipinski definition) is 3. The van der Waals surface area contributed by atoms with Crippen molar-refractivity contribution in [3.05, 3.63) is 58.1 Å². The zero-order valence-electron chi connectivity index (χ0n) is 9.65. The number of hydrogen-bond donors (Lipinski definition) is 2. The fraction of sp³-hybridized carbons (Fsp3) is 0.0714. The fourth-order valence-electron chi connectivity index (χ4n) is 1.69. The van der Waals surface area contributed by atoms with Crippen LogP contribution in [0.25, 0.3) is 0 Å². The van der Waals surface area contributed by atoms with E-state index in [1.807, 2.05) is 42.5 Å². The standard InChI is InChI=1S/C14H12BrN3/c15-13-5-2-6-14(12(13)8-16)18-9-10-3-1-4-11(17)7-10/h1-7,18H,9,17H2. The molecule has 4 heteroatoms. The average Bonchev–Trinajstić information content (AvgIpc) is 2.36. The van der Waals surface area contributed by atoms with Crippen LogP contribution in [0.15, 0.2) is 46.9 Å². The lowest BCUT2D eigenvalue weighted by molar-refractivity contribution is 1.15. The molecule has 0 radical (unpaired) electrons. The lowest BCUT2D eigenvalue weighted by Crippen LogP contribution is -2.02. The van der Waals surface area contributed by atoms with Crippen LogP contribution in [0.2, 0.25) is 0 Å². The van der Waals surface area contributed by atoms with E-state index in [-0.39, 0.29) is 0 Å². The molecule has 18 heavy (non-hydrogen) atoms. The number of halogens is 1. The van der Waals surface area contributed by atoms with Gasteiger partial charge in [0.25, 0.3) is 0 Å². The van der Waals surface area contributed by atoms with Gasteiger partial charge in [0, 0.05) is 16.7 Å². The van der Waals surface area contributed by atoms with Gasteiger partial charge in [-0.1, -0.05) is 18.2 Å². The summed E-state index contributed by atoms with van der Waals surface area (Å²) in [5.41, 5.74) is 8.97. The van der Waals surface area contributed by atoms with Crippen LogP contribution in [0.4, 0.5) is 11.4 Å². The van der Waals surface area contributed by atoms with E-state index in [0.717, 1.165) is 21.4 Å². The second-order valence-corrected chi connectivity index (χ2v) is 4.73. The van der Waals surface area contributed by atoms with E-state index in [4.69, 9.17) is 11.0 Å². The molecule has 0 saturated heterocycles. The van der Waals surface area contributed by atoms with Crippen LogP contribution in [0, 0.1) is 11.3 Å². The highest BCUT2D eigenvalue weighted by molar-refractivity contribution is 9.10. The molecule has 0 aliphatic heterocycles. The van der Waals surface area contributed by atoms with Gasteiger partial charge in [0.2, 0.25) is 0 Å². The van der Waals surface area contributed by atoms with Crippen molar-refractivity contribution in [2.45, 2.75) is 6.54 Å². The molecule has 2 aromatic rings. The molecule has 90 valence electrons. The van der Waals surface area contributed by atoms with Gasteiger partial charge in [-0.3, -0.25) is 0 Å². The highest BCUT2D eigenvalue weighted by atomic mass is 79.9. The maximum Gasteiger partial charge on any atom is 0.103 e. The molecule has 2 rings (SSSR count). The van der Waals surface area contributed by atoms with E-state index in [0.29, 0.717) is 12.1 Å². The number of nitrogens with zero attached hydrogens (tertiary/aromatic N) is 1. The SMILES string of the molecule is N#Cc1c(Br)cccc1NCc1cccc(N)c1. The van der Waals surface area contributed by atoms with Crippen molar-refractivity contribution in [3.8, 4) is 6.07 Å². The van der Waals surface area contributed by atoms with Crippen LogP contribution in [0.3, 0.4) is 0 Å². The van der Waals surface area contributed by atoms with Crippen LogP contribution in [-0.2, 0) is 6.54 Å². The van der Waals surface area contributed by atoms with Crippen LogP contribution in [0.1, 0.15) is 11.1 Å². The third-order valence-electron chi connectivity index (χ3n) is 2.56. The van der Waals surface area contributed by atoms with Gasteiger partial charge in [0.15, 0.2) is 0 Å². The summed E-state index contributed by atoms with van der Waals surface area (Å²) in [5, 5.41) is 12.3. The summed E-state index contributed by atoms with van der Waals surface area (Å²) in [6.07, 6.45) is 0. The maximum atomic E-state index is 9.10. The smallest absolute Gasteiger partial charge is 0.103 e. The number of rotatable bonds is 3. The molecule has 0 heterocycles. The molecular weight excluding hydrogens is 290 g/mol. The first kappa shape index (κ1) is 12.5. The van der Waals surface area contributed by atoms with E-state index in [2.05, 4.69) is 27.3 Å². The third kappa shape index (κ3) is 2.82. The van der Waals surface area contributed by atoms with Gasteiger partial charge in [0.05, 0.1) is 11.3 Å². The fourth-order valence-corrected chi connectivity index (χ4v) is 2.14. The Balaban J connectivity index is 2.16. The maximum absolute atomic E-state index is 9.10. The second-order valence-electron chi connectivity index (χ2n) is 3.87. The summed E-state index contributed by atoms with van der Waals surface area (Å²) >= 11 is 3.36. The summed E-state index contributed by atoms with van der Waals surface area (Å²) in [7, 11) is 0. The molecule has 0 atom stereocenters. The van der Waals surface area contributed by atoms with Crippen molar-refractivity contribution >= 4 is 27.3 Å². The zero-order chi connectivity index (χ0) is 13.0. The molecule has 0 unspecified atom stereocenters. The van der Waals surface area contributed by atoms with Crippen molar-refractivity contribution in [2.24, 2.45) is 0 Å². The Hall–Kier alpha value is -1.99. The number of nitrogens with one attached hydrogen (secondary N) is 1. The summed E-state index contributed by atoms with van der Waals surface area (Å²) in [4.78, 5) is 0. The Morgan fingerprint density at radius 3 is 2.72 bits per heavy atom. The number of nitrogen functional groups attached to an aromatic ring is 1. The van der Waals surface area contributed by atoms with E-state index < -0.39 is 0 Å². The lowest BCUT2D eigenvalue weighted by Gasteiger charge is -2.09. The summed E-state index contributed by atoms with van der Waals surface area (Å²) in [6.45, 7) is 0.635. The molecule has 0 spiro atoms. The zero-order valence-corrected chi connectivity index (χ0v) is 11.2. The van der Waals surface area contributed by atoms with Crippen molar-refractivity contribution in [2.75, 3.05) is 11.1 Å². The van der Waals surface area contributed by atoms with E-state index in [9.17, 15) is 0 Å². The first-order valence-electron chi connectivity index (χ1n) is 5.47. The summed E-state index contributed by atoms with van der Waals surface area (Å²) in [5.74, 6) is 0. The van der Waals surface area contributed by atoms with Gasteiger partial charge >= 0.3 is 0 Å². The molecule has 0 aromatic heterocycles. The number of nitriles is 1. The van der Waals surface area contributed by atoms with Gasteiger partial charge in [-0.25, -0.2) is 0 Å². The van der Waals surface area contributed by atoms with Crippen LogP contribution < -0.4 is 11.1 Å². The quantitative estimate of drug-likeness (QED) is 0.853. The predicted octanol–water partition coefficient (Wildman–Crippen LogP) is 3.52. The first-order valence-corrected chi connectivity index (χ1v) is 6.27. The Morgan fingerprint density at radius 2 is 2.00 bits per heavy atom. The molecule has 3 nitrogen and oxygen atoms in total. The van der Waals surface area contributed by atoms with Crippen LogP contribution in [-0.4, -0.2) is 0 Å². The van der Waals surface area contributed by atoms with Crippen LogP contribution in [0.5, 0.6) is 0 Å². The van der Waals surface area contributed by atoms with E-state index >= 15 is 0 Å². The molecule has 0 fully saturated rings. The monoisotopic (exact) mass is 301 g/mol. The lowest BCUT2D eigenvalue weighted by atomic mass is 10.1.